The number of non-ortho nitro benzene ring substituents is 1. The van der Waals surface area contributed by atoms with Crippen LogP contribution in [0.3, 0.4) is 0 Å². The highest BCUT2D eigenvalue weighted by atomic mass is 16.6. The number of amides is 1. The van der Waals surface area contributed by atoms with Gasteiger partial charge in [-0.1, -0.05) is 30.3 Å². The number of hydrogen-bond acceptors (Lipinski definition) is 5. The minimum atomic E-state index is -0.463. The predicted octanol–water partition coefficient (Wildman–Crippen LogP) is 3.99. The maximum Gasteiger partial charge on any atom is 0.274 e. The molecular formula is C20H17N3O4. The first kappa shape index (κ1) is 18.1. The number of hydrogen-bond donors (Lipinski definition) is 1. The van der Waals surface area contributed by atoms with E-state index >= 15 is 0 Å². The van der Waals surface area contributed by atoms with Crippen molar-refractivity contribution in [1.82, 2.24) is 5.43 Å². The Morgan fingerprint density at radius 1 is 1.04 bits per heavy atom. The molecule has 0 bridgehead atoms. The van der Waals surface area contributed by atoms with Gasteiger partial charge in [-0.15, -0.1) is 0 Å². The molecular weight excluding hydrogens is 346 g/mol. The molecule has 27 heavy (non-hydrogen) atoms. The summed E-state index contributed by atoms with van der Waals surface area (Å²) in [6.45, 7) is 3.47. The molecule has 136 valence electrons. The lowest BCUT2D eigenvalue weighted by Gasteiger charge is -2.08. The Bertz CT molecular complexity index is 1010. The van der Waals surface area contributed by atoms with Crippen LogP contribution in [0.4, 0.5) is 5.69 Å². The number of nitrogens with zero attached hydrogens (tertiary/aromatic N) is 2. The third-order valence-electron chi connectivity index (χ3n) is 3.95. The standard InChI is InChI=1S/C20H17N3O4/c1-13-12-18(14(2)27-13)20(24)22-21-19(15-6-4-3-5-7-15)16-8-10-17(11-9-16)23(25)26/h3-12H,1-2H3,(H,22,24)/b21-19+. The van der Waals surface area contributed by atoms with Crippen molar-refractivity contribution >= 4 is 17.3 Å². The van der Waals surface area contributed by atoms with Crippen LogP contribution in [0.1, 0.15) is 33.0 Å². The Kier molecular flexibility index (Phi) is 5.12. The van der Waals surface area contributed by atoms with Gasteiger partial charge >= 0.3 is 0 Å². The van der Waals surface area contributed by atoms with E-state index < -0.39 is 4.92 Å². The highest BCUT2D eigenvalue weighted by Crippen LogP contribution is 2.17. The number of nitro benzene ring substituents is 1. The highest BCUT2D eigenvalue weighted by Gasteiger charge is 2.15. The van der Waals surface area contributed by atoms with Gasteiger partial charge in [-0.2, -0.15) is 5.10 Å². The van der Waals surface area contributed by atoms with Crippen LogP contribution in [-0.2, 0) is 0 Å². The summed E-state index contributed by atoms with van der Waals surface area (Å²) in [7, 11) is 0. The van der Waals surface area contributed by atoms with E-state index in [0.29, 0.717) is 28.4 Å². The van der Waals surface area contributed by atoms with Crippen molar-refractivity contribution in [3.63, 3.8) is 0 Å². The summed E-state index contributed by atoms with van der Waals surface area (Å²) in [4.78, 5) is 22.8. The maximum atomic E-state index is 12.4. The first-order chi connectivity index (χ1) is 13.0. The van der Waals surface area contributed by atoms with Crippen molar-refractivity contribution in [3.8, 4) is 0 Å². The average molecular weight is 363 g/mol. The summed E-state index contributed by atoms with van der Waals surface area (Å²) < 4.78 is 5.37. The van der Waals surface area contributed by atoms with Crippen molar-refractivity contribution in [2.24, 2.45) is 5.10 Å². The van der Waals surface area contributed by atoms with Crippen molar-refractivity contribution in [2.45, 2.75) is 13.8 Å². The van der Waals surface area contributed by atoms with E-state index in [4.69, 9.17) is 4.42 Å². The molecule has 0 aliphatic carbocycles. The first-order valence-corrected chi connectivity index (χ1v) is 8.21. The molecule has 0 unspecified atom stereocenters. The molecule has 1 amide bonds. The van der Waals surface area contributed by atoms with Crippen LogP contribution in [0.5, 0.6) is 0 Å². The molecule has 0 aliphatic heterocycles. The van der Waals surface area contributed by atoms with E-state index in [0.717, 1.165) is 5.56 Å². The van der Waals surface area contributed by atoms with E-state index in [2.05, 4.69) is 10.5 Å². The molecule has 0 saturated carbocycles. The lowest BCUT2D eigenvalue weighted by Crippen LogP contribution is -2.20. The normalized spacial score (nSPS) is 11.3. The zero-order valence-corrected chi connectivity index (χ0v) is 14.8. The molecule has 0 atom stereocenters. The van der Waals surface area contributed by atoms with Gasteiger partial charge in [-0.05, 0) is 32.0 Å². The van der Waals surface area contributed by atoms with Crippen molar-refractivity contribution in [2.75, 3.05) is 0 Å². The number of hydrazone groups is 1. The monoisotopic (exact) mass is 363 g/mol. The van der Waals surface area contributed by atoms with Crippen LogP contribution in [0.2, 0.25) is 0 Å². The quantitative estimate of drug-likeness (QED) is 0.421. The number of carbonyl (C=O) groups excluding carboxylic acids is 1. The van der Waals surface area contributed by atoms with E-state index in [1.165, 1.54) is 12.1 Å². The number of rotatable bonds is 5. The fraction of sp³-hybridized carbons (Fsp3) is 0.100. The van der Waals surface area contributed by atoms with E-state index in [-0.39, 0.29) is 11.6 Å². The summed E-state index contributed by atoms with van der Waals surface area (Å²) in [6.07, 6.45) is 0. The van der Waals surface area contributed by atoms with Gasteiger partial charge in [0.05, 0.1) is 16.2 Å². The van der Waals surface area contributed by atoms with Crippen molar-refractivity contribution in [1.29, 1.82) is 0 Å². The number of aryl methyl sites for hydroxylation is 2. The smallest absolute Gasteiger partial charge is 0.274 e. The van der Waals surface area contributed by atoms with E-state index in [1.54, 1.807) is 32.0 Å². The number of nitro groups is 1. The molecule has 0 radical (unpaired) electrons. The summed E-state index contributed by atoms with van der Waals surface area (Å²) in [5.74, 6) is 0.761. The number of furan rings is 1. The van der Waals surface area contributed by atoms with E-state index in [9.17, 15) is 14.9 Å². The third kappa shape index (κ3) is 4.09. The Labute approximate surface area is 155 Å². The van der Waals surface area contributed by atoms with Gasteiger partial charge in [-0.25, -0.2) is 5.43 Å². The minimum absolute atomic E-state index is 0.0142. The van der Waals surface area contributed by atoms with Crippen LogP contribution < -0.4 is 5.43 Å². The van der Waals surface area contributed by atoms with Crippen LogP contribution in [0, 0.1) is 24.0 Å². The Morgan fingerprint density at radius 2 is 1.67 bits per heavy atom. The van der Waals surface area contributed by atoms with Crippen LogP contribution >= 0.6 is 0 Å². The number of benzene rings is 2. The molecule has 1 N–H and O–H groups in total. The van der Waals surface area contributed by atoms with Gasteiger partial charge in [0.15, 0.2) is 0 Å². The van der Waals surface area contributed by atoms with Crippen LogP contribution in [0.15, 0.2) is 70.2 Å². The van der Waals surface area contributed by atoms with Crippen molar-refractivity contribution < 1.29 is 14.1 Å². The van der Waals surface area contributed by atoms with Gasteiger partial charge in [0.1, 0.15) is 11.5 Å². The molecule has 1 aromatic heterocycles. The number of nitrogens with one attached hydrogen (secondary N) is 1. The Balaban J connectivity index is 1.95. The molecule has 7 nitrogen and oxygen atoms in total. The molecule has 0 spiro atoms. The summed E-state index contributed by atoms with van der Waals surface area (Å²) >= 11 is 0. The fourth-order valence-electron chi connectivity index (χ4n) is 2.66. The Hall–Kier alpha value is -3.74. The second-order valence-electron chi connectivity index (χ2n) is 5.90. The van der Waals surface area contributed by atoms with Crippen LogP contribution in [0.25, 0.3) is 0 Å². The molecule has 2 aromatic carbocycles. The fourth-order valence-corrected chi connectivity index (χ4v) is 2.66. The third-order valence-corrected chi connectivity index (χ3v) is 3.95. The highest BCUT2D eigenvalue weighted by molar-refractivity contribution is 6.13. The summed E-state index contributed by atoms with van der Waals surface area (Å²) in [5, 5.41) is 15.1. The SMILES string of the molecule is Cc1cc(C(=O)N/N=C(\c2ccccc2)c2ccc([N+](=O)[O-])cc2)c(C)o1. The predicted molar refractivity (Wildman–Crippen MR) is 101 cm³/mol. The molecule has 0 aliphatic rings. The molecule has 3 rings (SSSR count). The molecule has 1 heterocycles. The first-order valence-electron chi connectivity index (χ1n) is 8.21. The topological polar surface area (TPSA) is 97.7 Å². The molecule has 0 saturated heterocycles. The summed E-state index contributed by atoms with van der Waals surface area (Å²) in [6, 6.07) is 16.9. The second-order valence-corrected chi connectivity index (χ2v) is 5.90. The van der Waals surface area contributed by atoms with Gasteiger partial charge < -0.3 is 4.42 Å². The lowest BCUT2D eigenvalue weighted by atomic mass is 10.0. The zero-order chi connectivity index (χ0) is 19.4. The average Bonchev–Trinajstić information content (AvgIpc) is 3.01. The minimum Gasteiger partial charge on any atom is -0.466 e. The second kappa shape index (κ2) is 7.65. The van der Waals surface area contributed by atoms with Gasteiger partial charge in [0, 0.05) is 23.3 Å². The zero-order valence-electron chi connectivity index (χ0n) is 14.8. The Morgan fingerprint density at radius 3 is 2.22 bits per heavy atom. The van der Waals surface area contributed by atoms with Crippen LogP contribution in [-0.4, -0.2) is 16.5 Å². The van der Waals surface area contributed by atoms with Gasteiger partial charge in [0.25, 0.3) is 11.6 Å². The van der Waals surface area contributed by atoms with Crippen molar-refractivity contribution in [3.05, 3.63) is 99.0 Å². The number of carbonyl (C=O) groups is 1. The molecule has 7 heteroatoms. The maximum absolute atomic E-state index is 12.4. The van der Waals surface area contributed by atoms with Gasteiger partial charge in [0.2, 0.25) is 0 Å². The molecule has 0 fully saturated rings. The van der Waals surface area contributed by atoms with Gasteiger partial charge in [-0.3, -0.25) is 14.9 Å². The summed E-state index contributed by atoms with van der Waals surface area (Å²) in [5.41, 5.74) is 4.85. The van der Waals surface area contributed by atoms with E-state index in [1.807, 2.05) is 30.3 Å². The lowest BCUT2D eigenvalue weighted by molar-refractivity contribution is -0.384. The molecule has 3 aromatic rings. The largest absolute Gasteiger partial charge is 0.466 e.